The average molecular weight is 308 g/mol. The van der Waals surface area contributed by atoms with Gasteiger partial charge in [0.15, 0.2) is 0 Å². The van der Waals surface area contributed by atoms with Crippen molar-refractivity contribution >= 4 is 17.7 Å². The molecule has 5 heteroatoms. The van der Waals surface area contributed by atoms with Crippen LogP contribution in [0, 0.1) is 22.7 Å². The molecule has 2 rings (SSSR count). The van der Waals surface area contributed by atoms with Crippen LogP contribution in [0.15, 0.2) is 0 Å². The van der Waals surface area contributed by atoms with E-state index >= 15 is 0 Å². The Morgan fingerprint density at radius 3 is 2.55 bits per heavy atom. The van der Waals surface area contributed by atoms with Crippen molar-refractivity contribution in [2.45, 2.75) is 53.9 Å². The van der Waals surface area contributed by atoms with Crippen molar-refractivity contribution in [2.75, 3.05) is 13.1 Å². The van der Waals surface area contributed by atoms with Gasteiger partial charge in [0.25, 0.3) is 0 Å². The summed E-state index contributed by atoms with van der Waals surface area (Å²) < 4.78 is 0. The summed E-state index contributed by atoms with van der Waals surface area (Å²) in [5.41, 5.74) is -0.780. The number of nitrogens with one attached hydrogen (secondary N) is 1. The van der Waals surface area contributed by atoms with E-state index in [4.69, 9.17) is 0 Å². The molecule has 2 bridgehead atoms. The molecule has 0 aromatic heterocycles. The molecule has 1 saturated carbocycles. The lowest BCUT2D eigenvalue weighted by Crippen LogP contribution is -2.59. The maximum absolute atomic E-state index is 12.8. The zero-order chi connectivity index (χ0) is 16.7. The summed E-state index contributed by atoms with van der Waals surface area (Å²) >= 11 is 0. The number of rotatable bonds is 5. The van der Waals surface area contributed by atoms with Crippen molar-refractivity contribution in [3.05, 3.63) is 0 Å². The predicted octanol–water partition coefficient (Wildman–Crippen LogP) is 1.96. The van der Waals surface area contributed by atoms with Gasteiger partial charge in [-0.1, -0.05) is 34.6 Å². The van der Waals surface area contributed by atoms with Gasteiger partial charge >= 0.3 is 0 Å². The molecule has 22 heavy (non-hydrogen) atoms. The fourth-order valence-electron chi connectivity index (χ4n) is 3.73. The Morgan fingerprint density at radius 2 is 1.95 bits per heavy atom. The van der Waals surface area contributed by atoms with Crippen LogP contribution in [-0.2, 0) is 14.4 Å². The molecule has 1 aliphatic heterocycles. The van der Waals surface area contributed by atoms with E-state index in [1.54, 1.807) is 0 Å². The van der Waals surface area contributed by atoms with E-state index in [9.17, 15) is 14.4 Å². The van der Waals surface area contributed by atoms with Crippen LogP contribution < -0.4 is 5.32 Å². The van der Waals surface area contributed by atoms with Crippen molar-refractivity contribution in [3.8, 4) is 0 Å². The summed E-state index contributed by atoms with van der Waals surface area (Å²) in [5, 5.41) is 2.83. The molecule has 2 atom stereocenters. The molecular formula is C17H28N2O3. The second-order valence-corrected chi connectivity index (χ2v) is 7.89. The van der Waals surface area contributed by atoms with Crippen LogP contribution >= 0.6 is 0 Å². The van der Waals surface area contributed by atoms with Crippen LogP contribution in [0.5, 0.6) is 0 Å². The summed E-state index contributed by atoms with van der Waals surface area (Å²) in [6.07, 6.45) is 1.71. The second kappa shape index (κ2) is 5.67. The van der Waals surface area contributed by atoms with E-state index in [-0.39, 0.29) is 42.0 Å². The number of fused-ring (bicyclic) bond motifs is 2. The van der Waals surface area contributed by atoms with E-state index in [0.717, 1.165) is 12.8 Å². The minimum Gasteiger partial charge on any atom is -0.356 e. The first kappa shape index (κ1) is 17.0. The van der Waals surface area contributed by atoms with Gasteiger partial charge in [0.05, 0.1) is 5.41 Å². The molecule has 124 valence electrons. The molecule has 0 aromatic carbocycles. The fourth-order valence-corrected chi connectivity index (χ4v) is 3.73. The van der Waals surface area contributed by atoms with Gasteiger partial charge in [0.2, 0.25) is 17.7 Å². The number of likely N-dealkylation sites (tertiary alicyclic amines) is 1. The van der Waals surface area contributed by atoms with Crippen molar-refractivity contribution in [1.29, 1.82) is 0 Å². The Kier molecular flexibility index (Phi) is 4.37. The summed E-state index contributed by atoms with van der Waals surface area (Å²) in [6, 6.07) is 0. The van der Waals surface area contributed by atoms with Crippen LogP contribution in [-0.4, -0.2) is 35.7 Å². The third-order valence-corrected chi connectivity index (χ3v) is 5.78. The van der Waals surface area contributed by atoms with Crippen LogP contribution in [0.2, 0.25) is 0 Å². The second-order valence-electron chi connectivity index (χ2n) is 7.89. The Hall–Kier alpha value is -1.39. The van der Waals surface area contributed by atoms with Crippen LogP contribution in [0.3, 0.4) is 0 Å². The van der Waals surface area contributed by atoms with E-state index in [1.807, 2.05) is 34.6 Å². The molecule has 5 nitrogen and oxygen atoms in total. The topological polar surface area (TPSA) is 66.5 Å². The average Bonchev–Trinajstić information content (AvgIpc) is 2.61. The third-order valence-electron chi connectivity index (χ3n) is 5.78. The van der Waals surface area contributed by atoms with Crippen LogP contribution in [0.4, 0.5) is 0 Å². The quantitative estimate of drug-likeness (QED) is 0.790. The highest BCUT2D eigenvalue weighted by atomic mass is 16.2. The van der Waals surface area contributed by atoms with Gasteiger partial charge in [-0.25, -0.2) is 0 Å². The van der Waals surface area contributed by atoms with Gasteiger partial charge in [-0.3, -0.25) is 19.3 Å². The molecule has 1 aliphatic carbocycles. The molecule has 1 heterocycles. The van der Waals surface area contributed by atoms with E-state index < -0.39 is 5.41 Å². The van der Waals surface area contributed by atoms with Crippen molar-refractivity contribution in [3.63, 3.8) is 0 Å². The lowest BCUT2D eigenvalue weighted by molar-refractivity contribution is -0.167. The number of nitrogens with zero attached hydrogens (tertiary/aromatic N) is 1. The zero-order valence-corrected chi connectivity index (χ0v) is 14.4. The van der Waals surface area contributed by atoms with Gasteiger partial charge in [-0.05, 0) is 24.2 Å². The maximum Gasteiger partial charge on any atom is 0.235 e. The summed E-state index contributed by atoms with van der Waals surface area (Å²) in [6.45, 7) is 10.9. The van der Waals surface area contributed by atoms with Gasteiger partial charge in [-0.2, -0.15) is 0 Å². The number of carbonyl (C=O) groups is 3. The van der Waals surface area contributed by atoms with Crippen molar-refractivity contribution in [1.82, 2.24) is 10.2 Å². The molecular weight excluding hydrogens is 280 g/mol. The highest BCUT2D eigenvalue weighted by molar-refractivity contribution is 6.04. The van der Waals surface area contributed by atoms with Crippen molar-refractivity contribution in [2.24, 2.45) is 22.7 Å². The number of amides is 3. The number of hydrogen-bond donors (Lipinski definition) is 1. The minimum atomic E-state index is -0.486. The highest BCUT2D eigenvalue weighted by Crippen LogP contribution is 2.59. The van der Waals surface area contributed by atoms with Crippen LogP contribution in [0.1, 0.15) is 53.9 Å². The standard InChI is InChI=1S/C17H28N2O3/c1-11(2)10-18-13(20)7-9-19-14(21)12-6-8-17(5,15(19)22)16(12,3)4/h11-12H,6-10H2,1-5H3,(H,18,20). The summed E-state index contributed by atoms with van der Waals surface area (Å²) in [4.78, 5) is 38.5. The van der Waals surface area contributed by atoms with E-state index in [2.05, 4.69) is 5.32 Å². The maximum atomic E-state index is 12.8. The first-order valence-corrected chi connectivity index (χ1v) is 8.24. The van der Waals surface area contributed by atoms with E-state index in [0.29, 0.717) is 12.5 Å². The Bertz CT molecular complexity index is 498. The SMILES string of the molecule is CC(C)CNC(=O)CCN1C(=O)C2CCC(C)(C1=O)C2(C)C. The molecule has 3 amide bonds. The first-order valence-electron chi connectivity index (χ1n) is 8.24. The number of imide groups is 1. The van der Waals surface area contributed by atoms with Crippen molar-refractivity contribution < 1.29 is 14.4 Å². The van der Waals surface area contributed by atoms with Gasteiger partial charge in [0.1, 0.15) is 0 Å². The lowest BCUT2D eigenvalue weighted by Gasteiger charge is -2.47. The minimum absolute atomic E-state index is 0.0957. The predicted molar refractivity (Wildman–Crippen MR) is 83.8 cm³/mol. The molecule has 2 fully saturated rings. The van der Waals surface area contributed by atoms with Gasteiger partial charge < -0.3 is 5.32 Å². The number of piperidine rings is 1. The molecule has 0 radical (unpaired) electrons. The van der Waals surface area contributed by atoms with Crippen LogP contribution in [0.25, 0.3) is 0 Å². The molecule has 2 unspecified atom stereocenters. The Morgan fingerprint density at radius 1 is 1.32 bits per heavy atom. The fraction of sp³-hybridized carbons (Fsp3) is 0.824. The molecule has 2 aliphatic rings. The summed E-state index contributed by atoms with van der Waals surface area (Å²) in [5.74, 6) is -0.0159. The zero-order valence-electron chi connectivity index (χ0n) is 14.4. The smallest absolute Gasteiger partial charge is 0.235 e. The van der Waals surface area contributed by atoms with Gasteiger partial charge in [0, 0.05) is 25.4 Å². The number of carbonyl (C=O) groups excluding carboxylic acids is 3. The number of hydrogen-bond acceptors (Lipinski definition) is 3. The molecule has 0 spiro atoms. The van der Waals surface area contributed by atoms with Gasteiger partial charge in [-0.15, -0.1) is 0 Å². The molecule has 1 N–H and O–H groups in total. The highest BCUT2D eigenvalue weighted by Gasteiger charge is 2.64. The Balaban J connectivity index is 2.03. The largest absolute Gasteiger partial charge is 0.356 e. The Labute approximate surface area is 132 Å². The molecule has 1 saturated heterocycles. The summed E-state index contributed by atoms with van der Waals surface area (Å²) in [7, 11) is 0. The first-order chi connectivity index (χ1) is 10.1. The third kappa shape index (κ3) is 2.55. The van der Waals surface area contributed by atoms with E-state index in [1.165, 1.54) is 4.90 Å². The lowest BCUT2D eigenvalue weighted by atomic mass is 9.62. The monoisotopic (exact) mass is 308 g/mol. The molecule has 0 aromatic rings. The normalized spacial score (nSPS) is 30.1.